The Morgan fingerprint density at radius 1 is 1.35 bits per heavy atom. The number of nitrogens with zero attached hydrogens (tertiary/aromatic N) is 1. The second-order valence-corrected chi connectivity index (χ2v) is 8.82. The van der Waals surface area contributed by atoms with Gasteiger partial charge in [-0.2, -0.15) is 4.31 Å². The SMILES string of the molecule is Cl.O=C(N[C@H]1CCCNC1)C1CCCN1S(=O)(=O)c1cccs1. The van der Waals surface area contributed by atoms with E-state index in [0.717, 1.165) is 32.4 Å². The maximum atomic E-state index is 12.6. The van der Waals surface area contributed by atoms with E-state index in [0.29, 0.717) is 17.2 Å². The van der Waals surface area contributed by atoms with E-state index >= 15 is 0 Å². The van der Waals surface area contributed by atoms with Crippen molar-refractivity contribution in [1.82, 2.24) is 14.9 Å². The summed E-state index contributed by atoms with van der Waals surface area (Å²) in [4.78, 5) is 12.5. The van der Waals surface area contributed by atoms with Gasteiger partial charge < -0.3 is 10.6 Å². The van der Waals surface area contributed by atoms with E-state index in [1.165, 1.54) is 15.6 Å². The van der Waals surface area contributed by atoms with Crippen LogP contribution < -0.4 is 10.6 Å². The van der Waals surface area contributed by atoms with E-state index in [1.54, 1.807) is 17.5 Å². The predicted octanol–water partition coefficient (Wildman–Crippen LogP) is 1.19. The Morgan fingerprint density at radius 2 is 2.17 bits per heavy atom. The third-order valence-corrected chi connectivity index (χ3v) is 7.49. The molecule has 1 unspecified atom stereocenters. The van der Waals surface area contributed by atoms with E-state index in [9.17, 15) is 13.2 Å². The summed E-state index contributed by atoms with van der Waals surface area (Å²) in [5.74, 6) is -0.161. The number of nitrogens with one attached hydrogen (secondary N) is 2. The molecular weight excluding hydrogens is 358 g/mol. The molecule has 2 N–H and O–H groups in total. The first-order chi connectivity index (χ1) is 10.6. The highest BCUT2D eigenvalue weighted by Crippen LogP contribution is 2.28. The second-order valence-electron chi connectivity index (χ2n) is 5.76. The van der Waals surface area contributed by atoms with E-state index in [4.69, 9.17) is 0 Å². The number of hydrogen-bond acceptors (Lipinski definition) is 5. The number of amides is 1. The topological polar surface area (TPSA) is 78.5 Å². The first kappa shape index (κ1) is 18.7. The number of piperidine rings is 1. The minimum atomic E-state index is -3.55. The Balaban J connectivity index is 0.00000192. The van der Waals surface area contributed by atoms with Crippen LogP contribution in [0.1, 0.15) is 25.7 Å². The van der Waals surface area contributed by atoms with Crippen LogP contribution in [0.4, 0.5) is 0 Å². The monoisotopic (exact) mass is 379 g/mol. The van der Waals surface area contributed by atoms with Gasteiger partial charge in [0.05, 0.1) is 0 Å². The molecule has 0 aliphatic carbocycles. The van der Waals surface area contributed by atoms with Gasteiger partial charge in [0.2, 0.25) is 5.91 Å². The molecule has 6 nitrogen and oxygen atoms in total. The molecule has 2 fully saturated rings. The molecule has 130 valence electrons. The van der Waals surface area contributed by atoms with Crippen LogP contribution in [0, 0.1) is 0 Å². The van der Waals surface area contributed by atoms with Crippen molar-refractivity contribution in [3.05, 3.63) is 17.5 Å². The van der Waals surface area contributed by atoms with Crippen molar-refractivity contribution in [2.45, 2.75) is 42.0 Å². The first-order valence-electron chi connectivity index (χ1n) is 7.65. The quantitative estimate of drug-likeness (QED) is 0.823. The van der Waals surface area contributed by atoms with Gasteiger partial charge in [-0.25, -0.2) is 8.42 Å². The number of rotatable bonds is 4. The lowest BCUT2D eigenvalue weighted by Gasteiger charge is -2.28. The Hall–Kier alpha value is -0.670. The maximum Gasteiger partial charge on any atom is 0.253 e. The number of sulfonamides is 1. The molecule has 2 aliphatic heterocycles. The summed E-state index contributed by atoms with van der Waals surface area (Å²) in [7, 11) is -3.55. The highest BCUT2D eigenvalue weighted by molar-refractivity contribution is 7.91. The zero-order valence-electron chi connectivity index (χ0n) is 12.7. The van der Waals surface area contributed by atoms with Crippen molar-refractivity contribution in [3.63, 3.8) is 0 Å². The number of carbonyl (C=O) groups is 1. The fraction of sp³-hybridized carbons (Fsp3) is 0.643. The van der Waals surface area contributed by atoms with Gasteiger partial charge in [0.1, 0.15) is 10.3 Å². The van der Waals surface area contributed by atoms with Gasteiger partial charge in [-0.3, -0.25) is 4.79 Å². The maximum absolute atomic E-state index is 12.6. The lowest BCUT2D eigenvalue weighted by molar-refractivity contribution is -0.125. The smallest absolute Gasteiger partial charge is 0.253 e. The normalized spacial score (nSPS) is 25.7. The van der Waals surface area contributed by atoms with E-state index < -0.39 is 16.1 Å². The molecule has 1 amide bonds. The zero-order chi connectivity index (χ0) is 15.6. The minimum absolute atomic E-state index is 0. The Kier molecular flexibility index (Phi) is 6.44. The lowest BCUT2D eigenvalue weighted by Crippen LogP contribution is -2.52. The average Bonchev–Trinajstić information content (AvgIpc) is 3.20. The molecule has 2 saturated heterocycles. The molecule has 0 aromatic carbocycles. The van der Waals surface area contributed by atoms with Crippen molar-refractivity contribution >= 4 is 39.7 Å². The first-order valence-corrected chi connectivity index (χ1v) is 9.97. The predicted molar refractivity (Wildman–Crippen MR) is 92.5 cm³/mol. The number of hydrogen-bond donors (Lipinski definition) is 2. The molecule has 1 aromatic heterocycles. The number of carbonyl (C=O) groups excluding carboxylic acids is 1. The molecule has 2 atom stereocenters. The summed E-state index contributed by atoms with van der Waals surface area (Å²) in [6.07, 6.45) is 3.30. The number of halogens is 1. The summed E-state index contributed by atoms with van der Waals surface area (Å²) >= 11 is 1.19. The summed E-state index contributed by atoms with van der Waals surface area (Å²) in [6.45, 7) is 2.16. The Morgan fingerprint density at radius 3 is 2.83 bits per heavy atom. The van der Waals surface area contributed by atoms with Crippen LogP contribution in [0.3, 0.4) is 0 Å². The third-order valence-electron chi connectivity index (χ3n) is 4.21. The molecule has 3 heterocycles. The fourth-order valence-electron chi connectivity index (χ4n) is 3.09. The van der Waals surface area contributed by atoms with Gasteiger partial charge in [0.15, 0.2) is 0 Å². The molecule has 23 heavy (non-hydrogen) atoms. The highest BCUT2D eigenvalue weighted by atomic mass is 35.5. The van der Waals surface area contributed by atoms with Gasteiger partial charge in [-0.05, 0) is 43.7 Å². The fourth-order valence-corrected chi connectivity index (χ4v) is 5.86. The number of thiophene rings is 1. The van der Waals surface area contributed by atoms with Gasteiger partial charge in [-0.1, -0.05) is 6.07 Å². The Labute approximate surface area is 147 Å². The van der Waals surface area contributed by atoms with Crippen LogP contribution in [0.2, 0.25) is 0 Å². The molecular formula is C14H22ClN3O3S2. The average molecular weight is 380 g/mol. The van der Waals surface area contributed by atoms with Gasteiger partial charge >= 0.3 is 0 Å². The van der Waals surface area contributed by atoms with Gasteiger partial charge in [0.25, 0.3) is 10.0 Å². The summed E-state index contributed by atoms with van der Waals surface area (Å²) < 4.78 is 27.0. The van der Waals surface area contributed by atoms with Gasteiger partial charge in [-0.15, -0.1) is 23.7 Å². The highest BCUT2D eigenvalue weighted by Gasteiger charge is 2.40. The summed E-state index contributed by atoms with van der Waals surface area (Å²) in [6, 6.07) is 2.84. The third kappa shape index (κ3) is 4.06. The van der Waals surface area contributed by atoms with Crippen LogP contribution in [0.15, 0.2) is 21.7 Å². The largest absolute Gasteiger partial charge is 0.351 e. The van der Waals surface area contributed by atoms with Crippen molar-refractivity contribution in [2.75, 3.05) is 19.6 Å². The molecule has 9 heteroatoms. The lowest BCUT2D eigenvalue weighted by atomic mass is 10.1. The second kappa shape index (κ2) is 7.94. The zero-order valence-corrected chi connectivity index (χ0v) is 15.2. The van der Waals surface area contributed by atoms with Crippen molar-refractivity contribution in [3.8, 4) is 0 Å². The van der Waals surface area contributed by atoms with Crippen molar-refractivity contribution < 1.29 is 13.2 Å². The van der Waals surface area contributed by atoms with Crippen LogP contribution in [-0.2, 0) is 14.8 Å². The summed E-state index contributed by atoms with van der Waals surface area (Å²) in [5.41, 5.74) is 0. The van der Waals surface area contributed by atoms with E-state index in [2.05, 4.69) is 10.6 Å². The Bertz CT molecular complexity index is 615. The van der Waals surface area contributed by atoms with Crippen LogP contribution >= 0.6 is 23.7 Å². The van der Waals surface area contributed by atoms with E-state index in [-0.39, 0.29) is 24.4 Å². The van der Waals surface area contributed by atoms with Crippen LogP contribution in [-0.4, -0.2) is 50.3 Å². The van der Waals surface area contributed by atoms with E-state index in [1.807, 2.05) is 0 Å². The van der Waals surface area contributed by atoms with Crippen molar-refractivity contribution in [1.29, 1.82) is 0 Å². The summed E-state index contributed by atoms with van der Waals surface area (Å²) in [5, 5.41) is 8.00. The molecule has 0 radical (unpaired) electrons. The molecule has 3 rings (SSSR count). The molecule has 2 aliphatic rings. The van der Waals surface area contributed by atoms with Crippen LogP contribution in [0.25, 0.3) is 0 Å². The molecule has 0 saturated carbocycles. The van der Waals surface area contributed by atoms with Crippen molar-refractivity contribution in [2.24, 2.45) is 0 Å². The van der Waals surface area contributed by atoms with Crippen LogP contribution in [0.5, 0.6) is 0 Å². The standard InChI is InChI=1S/C14H21N3O3S2.ClH/c18-14(16-11-4-1-7-15-10-11)12-5-2-8-17(12)22(19,20)13-6-3-9-21-13;/h3,6,9,11-12,15H,1-2,4-5,7-8,10H2,(H,16,18);1H/t11-,12?;/m0./s1. The minimum Gasteiger partial charge on any atom is -0.351 e. The van der Waals surface area contributed by atoms with Gasteiger partial charge in [0, 0.05) is 19.1 Å². The molecule has 0 spiro atoms. The molecule has 0 bridgehead atoms. The molecule has 1 aromatic rings.